The molecule has 104 valence electrons. The molecule has 0 aliphatic rings. The number of aromatic hydroxyl groups is 1. The van der Waals surface area contributed by atoms with E-state index >= 15 is 0 Å². The Balaban J connectivity index is 2.02. The first-order valence-corrected chi connectivity index (χ1v) is 6.36. The molecule has 0 radical (unpaired) electrons. The summed E-state index contributed by atoms with van der Waals surface area (Å²) < 4.78 is 0. The second-order valence-corrected chi connectivity index (χ2v) is 4.68. The average Bonchev–Trinajstić information content (AvgIpc) is 2.47. The average molecular weight is 271 g/mol. The van der Waals surface area contributed by atoms with E-state index in [2.05, 4.69) is 5.32 Å². The fourth-order valence-electron chi connectivity index (χ4n) is 1.87. The molecule has 4 nitrogen and oxygen atoms in total. The van der Waals surface area contributed by atoms with E-state index in [1.165, 1.54) is 6.07 Å². The maximum absolute atomic E-state index is 12.0. The van der Waals surface area contributed by atoms with Crippen molar-refractivity contribution in [2.24, 2.45) is 0 Å². The topological polar surface area (TPSA) is 69.6 Å². The monoisotopic (exact) mass is 271 g/mol. The molecule has 3 N–H and O–H groups in total. The molecule has 1 amide bonds. The fraction of sp³-hybridized carbons (Fsp3) is 0.188. The van der Waals surface area contributed by atoms with Crippen LogP contribution < -0.4 is 5.32 Å². The first-order chi connectivity index (χ1) is 9.60. The lowest BCUT2D eigenvalue weighted by atomic mass is 10.1. The van der Waals surface area contributed by atoms with Gasteiger partial charge in [0.05, 0.1) is 12.2 Å². The van der Waals surface area contributed by atoms with Gasteiger partial charge in [-0.15, -0.1) is 0 Å². The summed E-state index contributed by atoms with van der Waals surface area (Å²) in [5.74, 6) is -0.332. The highest BCUT2D eigenvalue weighted by Gasteiger charge is 2.10. The normalized spacial score (nSPS) is 10.3. The molecule has 4 heteroatoms. The summed E-state index contributed by atoms with van der Waals surface area (Å²) in [5, 5.41) is 21.4. The molecule has 0 spiro atoms. The van der Waals surface area contributed by atoms with Crippen molar-refractivity contribution in [2.45, 2.75) is 20.1 Å². The Bertz CT molecular complexity index is 606. The molecular formula is C16H17NO3. The predicted octanol–water partition coefficient (Wildman–Crippen LogP) is 2.12. The van der Waals surface area contributed by atoms with Crippen LogP contribution in [-0.2, 0) is 13.2 Å². The number of rotatable bonds is 4. The number of phenols is 1. The molecule has 0 unspecified atom stereocenters. The van der Waals surface area contributed by atoms with Gasteiger partial charge in [-0.1, -0.05) is 35.9 Å². The number of amides is 1. The smallest absolute Gasteiger partial charge is 0.255 e. The molecule has 0 fully saturated rings. The Labute approximate surface area is 117 Å². The lowest BCUT2D eigenvalue weighted by molar-refractivity contribution is 0.0948. The maximum Gasteiger partial charge on any atom is 0.255 e. The number of benzene rings is 2. The van der Waals surface area contributed by atoms with E-state index in [0.717, 1.165) is 16.7 Å². The van der Waals surface area contributed by atoms with E-state index in [0.29, 0.717) is 6.54 Å². The first-order valence-electron chi connectivity index (χ1n) is 6.36. The second-order valence-electron chi connectivity index (χ2n) is 4.68. The predicted molar refractivity (Wildman–Crippen MR) is 76.4 cm³/mol. The van der Waals surface area contributed by atoms with Crippen molar-refractivity contribution in [1.29, 1.82) is 0 Å². The Morgan fingerprint density at radius 1 is 1.10 bits per heavy atom. The standard InChI is InChI=1S/C16H17NO3/c1-11-2-7-15(19)14(8-11)16(20)17-9-12-3-5-13(10-18)6-4-12/h2-8,18-19H,9-10H2,1H3,(H,17,20). The highest BCUT2D eigenvalue weighted by molar-refractivity contribution is 5.96. The van der Waals surface area contributed by atoms with Crippen molar-refractivity contribution in [1.82, 2.24) is 5.32 Å². The van der Waals surface area contributed by atoms with Crippen LogP contribution in [-0.4, -0.2) is 16.1 Å². The van der Waals surface area contributed by atoms with Gasteiger partial charge in [0.25, 0.3) is 5.91 Å². The van der Waals surface area contributed by atoms with Crippen LogP contribution >= 0.6 is 0 Å². The molecule has 2 aromatic rings. The van der Waals surface area contributed by atoms with Crippen molar-refractivity contribution in [3.8, 4) is 5.75 Å². The highest BCUT2D eigenvalue weighted by atomic mass is 16.3. The number of aliphatic hydroxyl groups is 1. The number of carbonyl (C=O) groups excluding carboxylic acids is 1. The molecule has 2 aromatic carbocycles. The van der Waals surface area contributed by atoms with Gasteiger partial charge in [-0.25, -0.2) is 0 Å². The minimum Gasteiger partial charge on any atom is -0.507 e. The van der Waals surface area contributed by atoms with Crippen LogP contribution in [0.25, 0.3) is 0 Å². The molecule has 20 heavy (non-hydrogen) atoms. The van der Waals surface area contributed by atoms with E-state index in [9.17, 15) is 9.90 Å². The van der Waals surface area contributed by atoms with Crippen molar-refractivity contribution in [2.75, 3.05) is 0 Å². The van der Waals surface area contributed by atoms with Gasteiger partial charge in [0.1, 0.15) is 5.75 Å². The van der Waals surface area contributed by atoms with E-state index in [1.54, 1.807) is 12.1 Å². The van der Waals surface area contributed by atoms with Gasteiger partial charge in [-0.2, -0.15) is 0 Å². The zero-order valence-electron chi connectivity index (χ0n) is 11.3. The highest BCUT2D eigenvalue weighted by Crippen LogP contribution is 2.18. The van der Waals surface area contributed by atoms with Crippen molar-refractivity contribution >= 4 is 5.91 Å². The molecule has 0 aromatic heterocycles. The van der Waals surface area contributed by atoms with Gasteiger partial charge in [-0.05, 0) is 30.2 Å². The van der Waals surface area contributed by atoms with Gasteiger partial charge >= 0.3 is 0 Å². The van der Waals surface area contributed by atoms with Gasteiger partial charge < -0.3 is 15.5 Å². The third-order valence-electron chi connectivity index (χ3n) is 3.06. The SMILES string of the molecule is Cc1ccc(O)c(C(=O)NCc2ccc(CO)cc2)c1. The van der Waals surface area contributed by atoms with Crippen molar-refractivity contribution < 1.29 is 15.0 Å². The number of carbonyl (C=O) groups is 1. The number of phenolic OH excluding ortho intramolecular Hbond substituents is 1. The molecule has 0 saturated carbocycles. The molecule has 0 aliphatic carbocycles. The van der Waals surface area contributed by atoms with Crippen molar-refractivity contribution in [3.05, 3.63) is 64.7 Å². The molecule has 0 saturated heterocycles. The van der Waals surface area contributed by atoms with Gasteiger partial charge in [0.15, 0.2) is 0 Å². The van der Waals surface area contributed by atoms with Crippen LogP contribution in [0, 0.1) is 6.92 Å². The Morgan fingerprint density at radius 3 is 2.40 bits per heavy atom. The zero-order chi connectivity index (χ0) is 14.5. The van der Waals surface area contributed by atoms with E-state index < -0.39 is 0 Å². The van der Waals surface area contributed by atoms with E-state index in [1.807, 2.05) is 31.2 Å². The number of nitrogens with one attached hydrogen (secondary N) is 1. The number of aliphatic hydroxyl groups excluding tert-OH is 1. The molecule has 0 bridgehead atoms. The van der Waals surface area contributed by atoms with Gasteiger partial charge in [-0.3, -0.25) is 4.79 Å². The Kier molecular flexibility index (Phi) is 4.38. The quantitative estimate of drug-likeness (QED) is 0.797. The van der Waals surface area contributed by atoms with Crippen LogP contribution in [0.2, 0.25) is 0 Å². The Morgan fingerprint density at radius 2 is 1.75 bits per heavy atom. The van der Waals surface area contributed by atoms with Crippen LogP contribution in [0.15, 0.2) is 42.5 Å². The number of aryl methyl sites for hydroxylation is 1. The summed E-state index contributed by atoms with van der Waals surface area (Å²) in [4.78, 5) is 12.0. The summed E-state index contributed by atoms with van der Waals surface area (Å²) in [6.07, 6.45) is 0. The third kappa shape index (κ3) is 3.36. The van der Waals surface area contributed by atoms with E-state index in [-0.39, 0.29) is 23.8 Å². The fourth-order valence-corrected chi connectivity index (χ4v) is 1.87. The molecular weight excluding hydrogens is 254 g/mol. The number of hydrogen-bond acceptors (Lipinski definition) is 3. The second kappa shape index (κ2) is 6.21. The lowest BCUT2D eigenvalue weighted by Crippen LogP contribution is -2.22. The van der Waals surface area contributed by atoms with Crippen LogP contribution in [0.5, 0.6) is 5.75 Å². The maximum atomic E-state index is 12.0. The number of hydrogen-bond donors (Lipinski definition) is 3. The van der Waals surface area contributed by atoms with Crippen molar-refractivity contribution in [3.63, 3.8) is 0 Å². The Hall–Kier alpha value is -2.33. The molecule has 0 heterocycles. The molecule has 0 atom stereocenters. The molecule has 0 aliphatic heterocycles. The van der Waals surface area contributed by atoms with E-state index in [4.69, 9.17) is 5.11 Å². The summed E-state index contributed by atoms with van der Waals surface area (Å²) in [5.41, 5.74) is 2.95. The summed E-state index contributed by atoms with van der Waals surface area (Å²) in [6.45, 7) is 2.24. The summed E-state index contributed by atoms with van der Waals surface area (Å²) >= 11 is 0. The van der Waals surface area contributed by atoms with Crippen LogP contribution in [0.4, 0.5) is 0 Å². The minimum absolute atomic E-state index is 0.00377. The lowest BCUT2D eigenvalue weighted by Gasteiger charge is -2.08. The largest absolute Gasteiger partial charge is 0.507 e. The van der Waals surface area contributed by atoms with Crippen LogP contribution in [0.1, 0.15) is 27.0 Å². The summed E-state index contributed by atoms with van der Waals surface area (Å²) in [7, 11) is 0. The minimum atomic E-state index is -0.308. The van der Waals surface area contributed by atoms with Gasteiger partial charge in [0.2, 0.25) is 0 Å². The van der Waals surface area contributed by atoms with Crippen LogP contribution in [0.3, 0.4) is 0 Å². The zero-order valence-corrected chi connectivity index (χ0v) is 11.3. The summed E-state index contributed by atoms with van der Waals surface area (Å²) in [6, 6.07) is 12.2. The molecule has 2 rings (SSSR count). The van der Waals surface area contributed by atoms with Gasteiger partial charge in [0, 0.05) is 6.54 Å². The first kappa shape index (κ1) is 14.1. The third-order valence-corrected chi connectivity index (χ3v) is 3.06.